The van der Waals surface area contributed by atoms with Gasteiger partial charge in [-0.25, -0.2) is 13.4 Å². The number of nitrogens with zero attached hydrogens (tertiary/aromatic N) is 1. The summed E-state index contributed by atoms with van der Waals surface area (Å²) >= 11 is 11.9. The normalized spacial score (nSPS) is 12.9. The Labute approximate surface area is 203 Å². The highest BCUT2D eigenvalue weighted by molar-refractivity contribution is 7.91. The van der Waals surface area contributed by atoms with Crippen LogP contribution >= 0.6 is 23.2 Å². The van der Waals surface area contributed by atoms with Crippen LogP contribution in [0.2, 0.25) is 10.0 Å². The fourth-order valence-corrected chi connectivity index (χ4v) is 5.06. The average molecular weight is 498 g/mol. The van der Waals surface area contributed by atoms with Gasteiger partial charge in [0.25, 0.3) is 0 Å². The molecule has 1 aromatic heterocycles. The van der Waals surface area contributed by atoms with E-state index in [1.807, 2.05) is 60.7 Å². The molecule has 1 unspecified atom stereocenters. The minimum Gasteiger partial charge on any atom is -0.388 e. The third kappa shape index (κ3) is 6.01. The Kier molecular flexibility index (Phi) is 7.15. The molecule has 1 N–H and O–H groups in total. The number of aromatic nitrogens is 1. The fourth-order valence-electron chi connectivity index (χ4n) is 3.44. The van der Waals surface area contributed by atoms with Crippen LogP contribution in [0.15, 0.2) is 83.8 Å². The van der Waals surface area contributed by atoms with Gasteiger partial charge in [-0.3, -0.25) is 0 Å². The van der Waals surface area contributed by atoms with Crippen LogP contribution in [0.25, 0.3) is 23.1 Å². The van der Waals surface area contributed by atoms with Crippen molar-refractivity contribution < 1.29 is 13.5 Å². The molecule has 7 heteroatoms. The first-order valence-electron chi connectivity index (χ1n) is 10.3. The molecule has 0 aliphatic heterocycles. The summed E-state index contributed by atoms with van der Waals surface area (Å²) in [4.78, 5) is 4.80. The van der Waals surface area contributed by atoms with Gasteiger partial charge in [-0.05, 0) is 72.2 Å². The molecule has 0 aliphatic rings. The van der Waals surface area contributed by atoms with Gasteiger partial charge in [0, 0.05) is 15.4 Å². The van der Waals surface area contributed by atoms with Gasteiger partial charge in [0.15, 0.2) is 9.84 Å². The zero-order chi connectivity index (χ0) is 23.4. The van der Waals surface area contributed by atoms with Crippen LogP contribution in [-0.4, -0.2) is 24.3 Å². The number of aliphatic hydroxyl groups excluding tert-OH is 1. The molecule has 0 spiro atoms. The molecule has 1 heterocycles. The highest BCUT2D eigenvalue weighted by Crippen LogP contribution is 2.23. The van der Waals surface area contributed by atoms with Gasteiger partial charge in [0.05, 0.1) is 28.0 Å². The van der Waals surface area contributed by atoms with E-state index in [4.69, 9.17) is 23.2 Å². The molecule has 0 saturated heterocycles. The quantitative estimate of drug-likeness (QED) is 0.311. The number of hydrogen-bond acceptors (Lipinski definition) is 4. The molecule has 0 fully saturated rings. The number of sulfone groups is 1. The maximum atomic E-state index is 12.5. The lowest BCUT2D eigenvalue weighted by Gasteiger charge is -2.12. The van der Waals surface area contributed by atoms with Crippen LogP contribution in [0.1, 0.15) is 29.3 Å². The van der Waals surface area contributed by atoms with Crippen molar-refractivity contribution in [3.05, 3.63) is 106 Å². The molecule has 4 nitrogen and oxygen atoms in total. The standard InChI is InChI=1S/C26H21Cl2NO3S/c27-21-8-12-24(13-9-21)33(31,32)15-14-26(30)20-3-1-2-18(16-20)4-10-23-11-6-19-5-7-22(28)17-25(19)29-23/h1-13,16-17,26,30H,14-15H2/b10-4+. The van der Waals surface area contributed by atoms with E-state index in [0.717, 1.165) is 22.2 Å². The van der Waals surface area contributed by atoms with Crippen molar-refractivity contribution in [1.29, 1.82) is 0 Å². The lowest BCUT2D eigenvalue weighted by molar-refractivity contribution is 0.174. The number of hydrogen-bond donors (Lipinski definition) is 1. The predicted molar refractivity (Wildman–Crippen MR) is 135 cm³/mol. The van der Waals surface area contributed by atoms with Crippen LogP contribution in [0.4, 0.5) is 0 Å². The topological polar surface area (TPSA) is 67.3 Å². The molecule has 0 aliphatic carbocycles. The Morgan fingerprint density at radius 1 is 0.879 bits per heavy atom. The summed E-state index contributed by atoms with van der Waals surface area (Å²) in [5.41, 5.74) is 3.13. The van der Waals surface area contributed by atoms with Gasteiger partial charge in [0.1, 0.15) is 0 Å². The van der Waals surface area contributed by atoms with Gasteiger partial charge in [0.2, 0.25) is 0 Å². The van der Waals surface area contributed by atoms with Crippen LogP contribution in [-0.2, 0) is 9.84 Å². The summed E-state index contributed by atoms with van der Waals surface area (Å²) in [5.74, 6) is -0.167. The minimum atomic E-state index is -3.51. The van der Waals surface area contributed by atoms with Gasteiger partial charge in [-0.2, -0.15) is 0 Å². The summed E-state index contributed by atoms with van der Waals surface area (Å²) < 4.78 is 25.1. The summed E-state index contributed by atoms with van der Waals surface area (Å²) in [5, 5.41) is 12.7. The van der Waals surface area contributed by atoms with E-state index in [2.05, 4.69) is 4.98 Å². The monoisotopic (exact) mass is 497 g/mol. The van der Waals surface area contributed by atoms with Crippen LogP contribution in [0.3, 0.4) is 0 Å². The molecule has 0 amide bonds. The largest absolute Gasteiger partial charge is 0.388 e. The van der Waals surface area contributed by atoms with E-state index >= 15 is 0 Å². The number of fused-ring (bicyclic) bond motifs is 1. The molecule has 3 aromatic carbocycles. The van der Waals surface area contributed by atoms with Crippen LogP contribution in [0.5, 0.6) is 0 Å². The first-order chi connectivity index (χ1) is 15.8. The summed E-state index contributed by atoms with van der Waals surface area (Å²) in [7, 11) is -3.51. The van der Waals surface area contributed by atoms with Crippen molar-refractivity contribution in [3.8, 4) is 0 Å². The molecule has 4 aromatic rings. The molecule has 0 saturated carbocycles. The second-order valence-electron chi connectivity index (χ2n) is 7.65. The Balaban J connectivity index is 1.45. The number of rotatable bonds is 7. The van der Waals surface area contributed by atoms with Crippen molar-refractivity contribution in [2.24, 2.45) is 0 Å². The van der Waals surface area contributed by atoms with Crippen molar-refractivity contribution in [2.75, 3.05) is 5.75 Å². The van der Waals surface area contributed by atoms with E-state index < -0.39 is 15.9 Å². The SMILES string of the molecule is O=S(=O)(CCC(O)c1cccc(/C=C/c2ccc3ccc(Cl)cc3n2)c1)c1ccc(Cl)cc1. The predicted octanol–water partition coefficient (Wildman–Crippen LogP) is 6.61. The highest BCUT2D eigenvalue weighted by Gasteiger charge is 2.18. The molecular weight excluding hydrogens is 477 g/mol. The van der Waals surface area contributed by atoms with Gasteiger partial charge >= 0.3 is 0 Å². The number of pyridine rings is 1. The van der Waals surface area contributed by atoms with Crippen molar-refractivity contribution in [1.82, 2.24) is 4.98 Å². The zero-order valence-corrected chi connectivity index (χ0v) is 19.9. The summed E-state index contributed by atoms with van der Waals surface area (Å²) in [6.45, 7) is 0. The number of aliphatic hydroxyl groups is 1. The summed E-state index contributed by atoms with van der Waals surface area (Å²) in [6, 6.07) is 22.9. The van der Waals surface area contributed by atoms with Crippen molar-refractivity contribution in [2.45, 2.75) is 17.4 Å². The third-order valence-electron chi connectivity index (χ3n) is 5.25. The highest BCUT2D eigenvalue weighted by atomic mass is 35.5. The maximum Gasteiger partial charge on any atom is 0.178 e. The molecule has 33 heavy (non-hydrogen) atoms. The third-order valence-corrected chi connectivity index (χ3v) is 7.50. The molecule has 168 valence electrons. The van der Waals surface area contributed by atoms with E-state index in [-0.39, 0.29) is 17.1 Å². The van der Waals surface area contributed by atoms with Gasteiger partial charge < -0.3 is 5.11 Å². The second-order valence-corrected chi connectivity index (χ2v) is 10.6. The van der Waals surface area contributed by atoms with E-state index in [1.165, 1.54) is 12.1 Å². The number of benzene rings is 3. The smallest absolute Gasteiger partial charge is 0.178 e. The fraction of sp³-hybridized carbons (Fsp3) is 0.115. The second kappa shape index (κ2) is 10.1. The van der Waals surface area contributed by atoms with E-state index in [0.29, 0.717) is 15.6 Å². The van der Waals surface area contributed by atoms with E-state index in [9.17, 15) is 13.5 Å². The summed E-state index contributed by atoms with van der Waals surface area (Å²) in [6.07, 6.45) is 2.97. The average Bonchev–Trinajstić information content (AvgIpc) is 2.81. The first kappa shape index (κ1) is 23.5. The lowest BCUT2D eigenvalue weighted by atomic mass is 10.0. The molecular formula is C26H21Cl2NO3S. The zero-order valence-electron chi connectivity index (χ0n) is 17.5. The van der Waals surface area contributed by atoms with Crippen LogP contribution in [0, 0.1) is 0 Å². The Bertz CT molecular complexity index is 1420. The molecule has 0 bridgehead atoms. The molecule has 4 rings (SSSR count). The first-order valence-corrected chi connectivity index (χ1v) is 12.7. The maximum absolute atomic E-state index is 12.5. The Morgan fingerprint density at radius 3 is 2.39 bits per heavy atom. The molecule has 1 atom stereocenters. The van der Waals surface area contributed by atoms with Gasteiger partial charge in [-0.15, -0.1) is 0 Å². The van der Waals surface area contributed by atoms with Crippen LogP contribution < -0.4 is 0 Å². The number of halogens is 2. The van der Waals surface area contributed by atoms with E-state index in [1.54, 1.807) is 18.2 Å². The van der Waals surface area contributed by atoms with Gasteiger partial charge in [-0.1, -0.05) is 59.6 Å². The lowest BCUT2D eigenvalue weighted by Crippen LogP contribution is -2.10. The van der Waals surface area contributed by atoms with Crippen molar-refractivity contribution >= 4 is 56.1 Å². The Morgan fingerprint density at radius 2 is 1.61 bits per heavy atom. The minimum absolute atomic E-state index is 0.0884. The van der Waals surface area contributed by atoms with Crippen molar-refractivity contribution in [3.63, 3.8) is 0 Å². The molecule has 0 radical (unpaired) electrons. The Hall–Kier alpha value is -2.70.